The number of amides is 4. The van der Waals surface area contributed by atoms with Crippen molar-refractivity contribution >= 4 is 52.3 Å². The van der Waals surface area contributed by atoms with Crippen LogP contribution in [0.1, 0.15) is 79.2 Å². The van der Waals surface area contributed by atoms with Crippen LogP contribution in [0.5, 0.6) is 5.75 Å². The molecule has 0 saturated heterocycles. The van der Waals surface area contributed by atoms with Crippen molar-refractivity contribution in [1.82, 2.24) is 30.7 Å². The summed E-state index contributed by atoms with van der Waals surface area (Å²) in [5.41, 5.74) is 4.17. The lowest BCUT2D eigenvalue weighted by Gasteiger charge is -2.13. The molecule has 12 nitrogen and oxygen atoms in total. The predicted molar refractivity (Wildman–Crippen MR) is 177 cm³/mol. The molecule has 2 aromatic heterocycles. The maximum atomic E-state index is 13.2. The SMILES string of the molecule is Cc1sc2c(c1C)C(c1ccc(Cl)cc1)=N[C@@H](CC(=O)NCCCCNC(=O)COc1cccc3c1C(=O)NC3=O)c1nnc(C)n1-2. The second-order valence-corrected chi connectivity index (χ2v) is 12.9. The summed E-state index contributed by atoms with van der Waals surface area (Å²) in [5.74, 6) is -0.0573. The normalized spacial score (nSPS) is 14.8. The third kappa shape index (κ3) is 6.54. The first kappa shape index (κ1) is 32.1. The van der Waals surface area contributed by atoms with E-state index in [-0.39, 0.29) is 41.7 Å². The smallest absolute Gasteiger partial charge is 0.262 e. The first-order chi connectivity index (χ1) is 22.6. The predicted octanol–water partition coefficient (Wildman–Crippen LogP) is 4.16. The summed E-state index contributed by atoms with van der Waals surface area (Å²) in [6.45, 7) is 6.56. The number of rotatable bonds is 11. The minimum atomic E-state index is -0.560. The van der Waals surface area contributed by atoms with E-state index in [4.69, 9.17) is 21.3 Å². The van der Waals surface area contributed by atoms with E-state index in [2.05, 4.69) is 40.0 Å². The number of hydrogen-bond acceptors (Lipinski definition) is 9. The van der Waals surface area contributed by atoms with Gasteiger partial charge in [-0.3, -0.25) is 34.1 Å². The number of carbonyl (C=O) groups excluding carboxylic acids is 4. The molecule has 2 aromatic carbocycles. The second kappa shape index (κ2) is 13.5. The van der Waals surface area contributed by atoms with Crippen molar-refractivity contribution in [2.45, 2.75) is 46.1 Å². The number of benzene rings is 2. The van der Waals surface area contributed by atoms with Gasteiger partial charge in [0.2, 0.25) is 5.91 Å². The van der Waals surface area contributed by atoms with Crippen LogP contribution < -0.4 is 20.7 Å². The van der Waals surface area contributed by atoms with Gasteiger partial charge in [0.15, 0.2) is 12.4 Å². The molecule has 0 unspecified atom stereocenters. The van der Waals surface area contributed by atoms with Crippen LogP contribution in [-0.2, 0) is 9.59 Å². The minimum Gasteiger partial charge on any atom is -0.483 e. The maximum Gasteiger partial charge on any atom is 0.262 e. The highest BCUT2D eigenvalue weighted by atomic mass is 35.5. The molecule has 242 valence electrons. The van der Waals surface area contributed by atoms with E-state index < -0.39 is 17.9 Å². The minimum absolute atomic E-state index is 0.0864. The van der Waals surface area contributed by atoms with Crippen LogP contribution >= 0.6 is 22.9 Å². The zero-order valence-corrected chi connectivity index (χ0v) is 27.6. The largest absolute Gasteiger partial charge is 0.483 e. The quantitative estimate of drug-likeness (QED) is 0.159. The van der Waals surface area contributed by atoms with Gasteiger partial charge < -0.3 is 15.4 Å². The molecular weight excluding hydrogens is 642 g/mol. The molecule has 0 spiro atoms. The monoisotopic (exact) mass is 673 g/mol. The van der Waals surface area contributed by atoms with E-state index in [0.29, 0.717) is 36.8 Å². The molecule has 3 N–H and O–H groups in total. The Kier molecular flexibility index (Phi) is 9.19. The van der Waals surface area contributed by atoms with Crippen molar-refractivity contribution in [2.75, 3.05) is 19.7 Å². The zero-order valence-electron chi connectivity index (χ0n) is 26.0. The maximum absolute atomic E-state index is 13.2. The van der Waals surface area contributed by atoms with Crippen LogP contribution in [0.15, 0.2) is 47.5 Å². The number of hydrogen-bond donors (Lipinski definition) is 3. The van der Waals surface area contributed by atoms with Crippen LogP contribution in [0, 0.1) is 20.8 Å². The number of thiophene rings is 1. The lowest BCUT2D eigenvalue weighted by atomic mass is 9.99. The standard InChI is InChI=1S/C33H32ClN7O5S/c1-17-18(2)47-33-27(17)29(20-9-11-21(34)12-10-20)37-23(30-40-39-19(3)41(30)33)15-25(42)35-13-4-5-14-36-26(43)16-46-24-8-6-7-22-28(24)32(45)38-31(22)44/h6-12,23H,4-5,13-16H2,1-3H3,(H,35,42)(H,36,43)(H,38,44,45)/t23-/m0/s1. The van der Waals surface area contributed by atoms with Gasteiger partial charge in [0.1, 0.15) is 22.6 Å². The summed E-state index contributed by atoms with van der Waals surface area (Å²) in [5, 5.41) is 18.3. The van der Waals surface area contributed by atoms with Crippen molar-refractivity contribution in [1.29, 1.82) is 0 Å². The van der Waals surface area contributed by atoms with E-state index in [1.807, 2.05) is 35.8 Å². The molecule has 4 amide bonds. The van der Waals surface area contributed by atoms with E-state index in [1.54, 1.807) is 17.4 Å². The average molecular weight is 674 g/mol. The van der Waals surface area contributed by atoms with Crippen molar-refractivity contribution in [3.63, 3.8) is 0 Å². The summed E-state index contributed by atoms with van der Waals surface area (Å²) in [7, 11) is 0. The van der Waals surface area contributed by atoms with Crippen molar-refractivity contribution < 1.29 is 23.9 Å². The van der Waals surface area contributed by atoms with E-state index >= 15 is 0 Å². The summed E-state index contributed by atoms with van der Waals surface area (Å²) in [4.78, 5) is 55.6. The molecular formula is C33H32ClN7O5S. The number of ether oxygens (including phenoxy) is 1. The molecule has 0 fully saturated rings. The Balaban J connectivity index is 1.03. The number of halogens is 1. The number of aliphatic imine (C=N–C) groups is 1. The van der Waals surface area contributed by atoms with Gasteiger partial charge in [-0.2, -0.15) is 0 Å². The Morgan fingerprint density at radius 1 is 0.957 bits per heavy atom. The number of carbonyl (C=O) groups is 4. The highest BCUT2D eigenvalue weighted by molar-refractivity contribution is 7.15. The molecule has 47 heavy (non-hydrogen) atoms. The molecule has 0 saturated carbocycles. The molecule has 4 aromatic rings. The van der Waals surface area contributed by atoms with Crippen molar-refractivity contribution in [3.8, 4) is 10.8 Å². The number of nitrogens with zero attached hydrogens (tertiary/aromatic N) is 4. The number of aryl methyl sites for hydroxylation is 2. The van der Waals surface area contributed by atoms with Gasteiger partial charge in [-0.25, -0.2) is 0 Å². The van der Waals surface area contributed by atoms with Crippen LogP contribution in [0.2, 0.25) is 5.02 Å². The second-order valence-electron chi connectivity index (χ2n) is 11.3. The average Bonchev–Trinajstić information content (AvgIpc) is 3.64. The van der Waals surface area contributed by atoms with Gasteiger partial charge in [-0.15, -0.1) is 21.5 Å². The lowest BCUT2D eigenvalue weighted by molar-refractivity contribution is -0.123. The van der Waals surface area contributed by atoms with Gasteiger partial charge in [0, 0.05) is 34.1 Å². The topological polar surface area (TPSA) is 157 Å². The molecule has 0 radical (unpaired) electrons. The Bertz CT molecular complexity index is 1930. The number of unbranched alkanes of at least 4 members (excludes halogenated alkanes) is 1. The Morgan fingerprint density at radius 3 is 2.43 bits per heavy atom. The van der Waals surface area contributed by atoms with Crippen molar-refractivity contribution in [3.05, 3.63) is 91.8 Å². The van der Waals surface area contributed by atoms with Gasteiger partial charge in [-0.05, 0) is 63.4 Å². The Morgan fingerprint density at radius 2 is 1.68 bits per heavy atom. The highest BCUT2D eigenvalue weighted by Gasteiger charge is 2.33. The molecule has 1 atom stereocenters. The number of fused-ring (bicyclic) bond motifs is 4. The van der Waals surface area contributed by atoms with E-state index in [1.165, 1.54) is 17.0 Å². The fourth-order valence-electron chi connectivity index (χ4n) is 5.59. The van der Waals surface area contributed by atoms with Crippen LogP contribution in [0.25, 0.3) is 5.00 Å². The van der Waals surface area contributed by atoms with Crippen molar-refractivity contribution in [2.24, 2.45) is 4.99 Å². The first-order valence-corrected chi connectivity index (χ1v) is 16.3. The van der Waals surface area contributed by atoms with Gasteiger partial charge >= 0.3 is 0 Å². The highest BCUT2D eigenvalue weighted by Crippen LogP contribution is 2.39. The van der Waals surface area contributed by atoms with Crippen LogP contribution in [0.4, 0.5) is 0 Å². The van der Waals surface area contributed by atoms with E-state index in [9.17, 15) is 19.2 Å². The summed E-state index contributed by atoms with van der Waals surface area (Å²) in [6.07, 6.45) is 1.34. The molecule has 0 aliphatic carbocycles. The molecule has 14 heteroatoms. The Hall–Kier alpha value is -4.88. The molecule has 2 aliphatic heterocycles. The van der Waals surface area contributed by atoms with Gasteiger partial charge in [0.25, 0.3) is 17.7 Å². The molecule has 4 heterocycles. The van der Waals surface area contributed by atoms with Crippen LogP contribution in [-0.4, -0.2) is 63.8 Å². The van der Waals surface area contributed by atoms with E-state index in [0.717, 1.165) is 33.2 Å². The first-order valence-electron chi connectivity index (χ1n) is 15.1. The van der Waals surface area contributed by atoms with Crippen LogP contribution in [0.3, 0.4) is 0 Å². The fourth-order valence-corrected chi connectivity index (χ4v) is 6.93. The summed E-state index contributed by atoms with van der Waals surface area (Å²) >= 11 is 7.84. The fraction of sp³-hybridized carbons (Fsp3) is 0.303. The molecule has 0 bridgehead atoms. The van der Waals surface area contributed by atoms with Gasteiger partial charge in [-0.1, -0.05) is 29.8 Å². The van der Waals surface area contributed by atoms with Gasteiger partial charge in [0.05, 0.1) is 23.3 Å². The number of aromatic nitrogens is 3. The molecule has 2 aliphatic rings. The molecule has 6 rings (SSSR count). The Labute approximate surface area is 279 Å². The summed E-state index contributed by atoms with van der Waals surface area (Å²) < 4.78 is 7.52. The summed E-state index contributed by atoms with van der Waals surface area (Å²) in [6, 6.07) is 11.6. The lowest BCUT2D eigenvalue weighted by Crippen LogP contribution is -2.31. The number of nitrogens with one attached hydrogen (secondary N) is 3. The zero-order chi connectivity index (χ0) is 33.2. The third-order valence-electron chi connectivity index (χ3n) is 8.07. The third-order valence-corrected chi connectivity index (χ3v) is 9.51. The number of imide groups is 1.